The molecule has 0 heterocycles. The predicted molar refractivity (Wildman–Crippen MR) is 93.3 cm³/mol. The molecule has 6 nitrogen and oxygen atoms in total. The fourth-order valence-corrected chi connectivity index (χ4v) is 3.23. The number of hydrogen-bond donors (Lipinski definition) is 3. The van der Waals surface area contributed by atoms with E-state index in [1.807, 2.05) is 0 Å². The Kier molecular flexibility index (Phi) is 6.87. The molecule has 24 heavy (non-hydrogen) atoms. The first-order valence-electron chi connectivity index (χ1n) is 8.51. The van der Waals surface area contributed by atoms with E-state index in [-0.39, 0.29) is 0 Å². The lowest BCUT2D eigenvalue weighted by Crippen LogP contribution is -2.44. The summed E-state index contributed by atoms with van der Waals surface area (Å²) in [6.45, 7) is 0. The highest BCUT2D eigenvalue weighted by Gasteiger charge is 2.26. The summed E-state index contributed by atoms with van der Waals surface area (Å²) < 4.78 is 10.3. The molecule has 134 valence electrons. The molecule has 1 fully saturated rings. The Balaban J connectivity index is 1.95. The fraction of sp³-hybridized carbons (Fsp3) is 0.611. The molecule has 1 aliphatic rings. The van der Waals surface area contributed by atoms with Crippen LogP contribution in [0.1, 0.15) is 38.5 Å². The summed E-state index contributed by atoms with van der Waals surface area (Å²) in [5.41, 5.74) is 6.55. The molecule has 6 heteroatoms. The first-order valence-corrected chi connectivity index (χ1v) is 8.51. The van der Waals surface area contributed by atoms with Crippen LogP contribution in [0.15, 0.2) is 18.2 Å². The number of benzene rings is 1. The monoisotopic (exact) mass is 336 g/mol. The largest absolute Gasteiger partial charge is 0.497 e. The molecule has 0 bridgehead atoms. The quantitative estimate of drug-likeness (QED) is 0.710. The van der Waals surface area contributed by atoms with Crippen molar-refractivity contribution >= 4 is 11.6 Å². The minimum absolute atomic E-state index is 0.500. The van der Waals surface area contributed by atoms with E-state index in [2.05, 4.69) is 5.32 Å². The van der Waals surface area contributed by atoms with Gasteiger partial charge < -0.3 is 25.6 Å². The van der Waals surface area contributed by atoms with Crippen molar-refractivity contribution in [3.8, 4) is 11.5 Å². The molecular weight excluding hydrogens is 308 g/mol. The van der Waals surface area contributed by atoms with Gasteiger partial charge in [-0.3, -0.25) is 4.79 Å². The summed E-state index contributed by atoms with van der Waals surface area (Å²) in [4.78, 5) is 12.3. The minimum Gasteiger partial charge on any atom is -0.497 e. The number of aliphatic hydroxyl groups is 1. The van der Waals surface area contributed by atoms with Crippen LogP contribution >= 0.6 is 0 Å². The van der Waals surface area contributed by atoms with Crippen LogP contribution in [0.2, 0.25) is 0 Å². The minimum atomic E-state index is -1.23. The van der Waals surface area contributed by atoms with Crippen LogP contribution in [0.25, 0.3) is 0 Å². The maximum atomic E-state index is 12.3. The molecule has 0 aliphatic heterocycles. The molecule has 1 aromatic carbocycles. The van der Waals surface area contributed by atoms with E-state index in [9.17, 15) is 9.90 Å². The number of ether oxygens (including phenoxy) is 2. The highest BCUT2D eigenvalue weighted by Crippen LogP contribution is 2.28. The van der Waals surface area contributed by atoms with E-state index in [4.69, 9.17) is 15.2 Å². The topological polar surface area (TPSA) is 93.8 Å². The van der Waals surface area contributed by atoms with Crippen molar-refractivity contribution in [2.24, 2.45) is 11.7 Å². The summed E-state index contributed by atoms with van der Waals surface area (Å²) in [5, 5.41) is 12.9. The number of nitrogens with one attached hydrogen (secondary N) is 1. The van der Waals surface area contributed by atoms with Gasteiger partial charge in [-0.15, -0.1) is 0 Å². The summed E-state index contributed by atoms with van der Waals surface area (Å²) >= 11 is 0. The first kappa shape index (κ1) is 18.5. The van der Waals surface area contributed by atoms with Gasteiger partial charge in [0, 0.05) is 29.9 Å². The Hall–Kier alpha value is -1.79. The molecule has 1 saturated carbocycles. The van der Waals surface area contributed by atoms with Gasteiger partial charge in [0.2, 0.25) is 0 Å². The Morgan fingerprint density at radius 2 is 1.79 bits per heavy atom. The van der Waals surface area contributed by atoms with E-state index in [0.29, 0.717) is 29.5 Å². The lowest BCUT2D eigenvalue weighted by molar-refractivity contribution is -0.125. The molecule has 2 rings (SSSR count). The van der Waals surface area contributed by atoms with Gasteiger partial charge in [-0.25, -0.2) is 0 Å². The van der Waals surface area contributed by atoms with Crippen LogP contribution in [-0.2, 0) is 4.79 Å². The maximum Gasteiger partial charge on any atom is 0.254 e. The summed E-state index contributed by atoms with van der Waals surface area (Å²) in [5.74, 6) is 1.12. The second kappa shape index (κ2) is 8.89. The van der Waals surface area contributed by atoms with Crippen molar-refractivity contribution in [1.82, 2.24) is 0 Å². The lowest BCUT2D eigenvalue weighted by Gasteiger charge is -2.26. The van der Waals surface area contributed by atoms with E-state index in [1.54, 1.807) is 18.2 Å². The molecule has 0 spiro atoms. The van der Waals surface area contributed by atoms with Crippen molar-refractivity contribution < 1.29 is 19.4 Å². The molecule has 0 aromatic heterocycles. The highest BCUT2D eigenvalue weighted by molar-refractivity contribution is 5.94. The second-order valence-electron chi connectivity index (χ2n) is 6.44. The molecule has 1 amide bonds. The van der Waals surface area contributed by atoms with E-state index in [0.717, 1.165) is 12.8 Å². The van der Waals surface area contributed by atoms with Gasteiger partial charge in [-0.2, -0.15) is 0 Å². The van der Waals surface area contributed by atoms with E-state index >= 15 is 0 Å². The number of carbonyl (C=O) groups excluding carboxylic acids is 1. The smallest absolute Gasteiger partial charge is 0.254 e. The van der Waals surface area contributed by atoms with Gasteiger partial charge in [0.1, 0.15) is 17.6 Å². The Labute approximate surface area is 143 Å². The number of nitrogens with two attached hydrogens (primary N) is 1. The number of methoxy groups -OCH3 is 2. The van der Waals surface area contributed by atoms with Gasteiger partial charge in [0.25, 0.3) is 5.91 Å². The average Bonchev–Trinajstić information content (AvgIpc) is 2.61. The van der Waals surface area contributed by atoms with Crippen molar-refractivity contribution in [1.29, 1.82) is 0 Å². The predicted octanol–water partition coefficient (Wildman–Crippen LogP) is 2.30. The molecular formula is C18H28N2O4. The van der Waals surface area contributed by atoms with Crippen molar-refractivity contribution in [3.05, 3.63) is 18.2 Å². The number of carbonyl (C=O) groups is 1. The average molecular weight is 336 g/mol. The number of rotatable bonds is 7. The van der Waals surface area contributed by atoms with Crippen molar-refractivity contribution in [2.75, 3.05) is 19.5 Å². The first-order chi connectivity index (χ1) is 11.5. The number of hydrogen-bond acceptors (Lipinski definition) is 5. The molecule has 1 unspecified atom stereocenters. The van der Waals surface area contributed by atoms with E-state index in [1.165, 1.54) is 33.5 Å². The van der Waals surface area contributed by atoms with Gasteiger partial charge in [-0.1, -0.05) is 32.1 Å². The van der Waals surface area contributed by atoms with Crippen LogP contribution in [0.5, 0.6) is 11.5 Å². The van der Waals surface area contributed by atoms with Crippen LogP contribution in [0.4, 0.5) is 5.69 Å². The molecule has 2 atom stereocenters. The SMILES string of the molecule is COc1cc(NC(=O)C(O)[C@H](N)CC2CCCCC2)cc(OC)c1. The second-order valence-corrected chi connectivity index (χ2v) is 6.44. The molecule has 0 saturated heterocycles. The van der Waals surface area contributed by atoms with Gasteiger partial charge >= 0.3 is 0 Å². The van der Waals surface area contributed by atoms with Gasteiger partial charge in [0.15, 0.2) is 0 Å². The maximum absolute atomic E-state index is 12.3. The third kappa shape index (κ3) is 5.11. The van der Waals surface area contributed by atoms with Crippen LogP contribution in [0.3, 0.4) is 0 Å². The normalized spacial score (nSPS) is 17.8. The van der Waals surface area contributed by atoms with Crippen LogP contribution in [0, 0.1) is 5.92 Å². The highest BCUT2D eigenvalue weighted by atomic mass is 16.5. The Bertz CT molecular complexity index is 522. The molecule has 4 N–H and O–H groups in total. The standard InChI is InChI=1S/C18H28N2O4/c1-23-14-9-13(10-15(11-14)24-2)20-18(22)17(21)16(19)8-12-6-4-3-5-7-12/h9-12,16-17,21H,3-8,19H2,1-2H3,(H,20,22)/t16-,17?/m1/s1. The van der Waals surface area contributed by atoms with Crippen LogP contribution < -0.4 is 20.5 Å². The lowest BCUT2D eigenvalue weighted by atomic mass is 9.84. The third-order valence-electron chi connectivity index (χ3n) is 4.62. The zero-order valence-electron chi connectivity index (χ0n) is 14.5. The van der Waals surface area contributed by atoms with Crippen molar-refractivity contribution in [3.63, 3.8) is 0 Å². The summed E-state index contributed by atoms with van der Waals surface area (Å²) in [6.07, 6.45) is 5.41. The van der Waals surface area contributed by atoms with Crippen LogP contribution in [-0.4, -0.2) is 37.4 Å². The third-order valence-corrected chi connectivity index (χ3v) is 4.62. The zero-order chi connectivity index (χ0) is 17.5. The Morgan fingerprint density at radius 1 is 1.21 bits per heavy atom. The fourth-order valence-electron chi connectivity index (χ4n) is 3.23. The van der Waals surface area contributed by atoms with Crippen molar-refractivity contribution in [2.45, 2.75) is 50.7 Å². The molecule has 0 radical (unpaired) electrons. The number of anilines is 1. The summed E-state index contributed by atoms with van der Waals surface area (Å²) in [6, 6.07) is 4.49. The Morgan fingerprint density at radius 3 is 2.33 bits per heavy atom. The zero-order valence-corrected chi connectivity index (χ0v) is 14.5. The number of aliphatic hydroxyl groups excluding tert-OH is 1. The summed E-state index contributed by atoms with van der Waals surface area (Å²) in [7, 11) is 3.07. The van der Waals surface area contributed by atoms with Gasteiger partial charge in [0.05, 0.1) is 14.2 Å². The van der Waals surface area contributed by atoms with Gasteiger partial charge in [-0.05, 0) is 12.3 Å². The number of amides is 1. The molecule has 1 aliphatic carbocycles. The van der Waals surface area contributed by atoms with E-state index < -0.39 is 18.1 Å². The molecule has 1 aromatic rings.